The zero-order chi connectivity index (χ0) is 24.2. The van der Waals surface area contributed by atoms with Gasteiger partial charge in [0.1, 0.15) is 11.9 Å². The number of hydrogen-bond acceptors (Lipinski definition) is 8. The summed E-state index contributed by atoms with van der Waals surface area (Å²) in [5.41, 5.74) is 8.15. The molecule has 0 saturated carbocycles. The van der Waals surface area contributed by atoms with Crippen LogP contribution in [0.5, 0.6) is 5.75 Å². The number of benzene rings is 1. The van der Waals surface area contributed by atoms with Crippen LogP contribution >= 0.6 is 0 Å². The van der Waals surface area contributed by atoms with Gasteiger partial charge in [0.25, 0.3) is 0 Å². The maximum absolute atomic E-state index is 14.9. The molecule has 2 atom stereocenters. The average molecular weight is 469 g/mol. The number of aliphatic hydroxyl groups is 1. The lowest BCUT2D eigenvalue weighted by atomic mass is 9.95. The first-order valence-electron chi connectivity index (χ1n) is 11.3. The number of ether oxygens (including phenoxy) is 1. The van der Waals surface area contributed by atoms with E-state index in [1.165, 1.54) is 4.52 Å². The van der Waals surface area contributed by atoms with Crippen molar-refractivity contribution in [2.45, 2.75) is 51.4 Å². The van der Waals surface area contributed by atoms with E-state index in [1.807, 2.05) is 30.2 Å². The number of aryl methyl sites for hydroxylation is 1. The second-order valence-electron chi connectivity index (χ2n) is 9.60. The first kappa shape index (κ1) is 22.3. The van der Waals surface area contributed by atoms with Crippen LogP contribution in [0.3, 0.4) is 0 Å². The number of aromatic nitrogens is 6. The van der Waals surface area contributed by atoms with Gasteiger partial charge in [0.2, 0.25) is 5.95 Å². The fourth-order valence-electron chi connectivity index (χ4n) is 4.64. The second-order valence-corrected chi connectivity index (χ2v) is 9.60. The fraction of sp³-hybridized carbons (Fsp3) is 0.478. The third kappa shape index (κ3) is 4.11. The van der Waals surface area contributed by atoms with Crippen LogP contribution in [0.15, 0.2) is 24.4 Å². The van der Waals surface area contributed by atoms with E-state index in [0.717, 1.165) is 16.8 Å². The summed E-state index contributed by atoms with van der Waals surface area (Å²) in [6.45, 7) is 6.52. The molecule has 0 amide bonds. The maximum Gasteiger partial charge on any atom is 0.223 e. The van der Waals surface area contributed by atoms with Crippen molar-refractivity contribution in [1.82, 2.24) is 29.4 Å². The summed E-state index contributed by atoms with van der Waals surface area (Å²) in [6.07, 6.45) is 1.14. The Morgan fingerprint density at radius 3 is 2.76 bits per heavy atom. The van der Waals surface area contributed by atoms with E-state index < -0.39 is 11.8 Å². The molecule has 3 N–H and O–H groups in total. The zero-order valence-corrected chi connectivity index (χ0v) is 19.7. The SMILES string of the molecule is COc1ccc2c(c1)nc(N)n1nc([C@H]3C[C@@H](F)CN(c4cn(CC(C)(C)O)nc4C)C3)nc21. The minimum Gasteiger partial charge on any atom is -0.497 e. The van der Waals surface area contributed by atoms with Gasteiger partial charge >= 0.3 is 0 Å². The molecule has 5 rings (SSSR count). The Morgan fingerprint density at radius 2 is 2.03 bits per heavy atom. The number of halogens is 1. The van der Waals surface area contributed by atoms with Gasteiger partial charge in [0, 0.05) is 36.7 Å². The molecule has 1 saturated heterocycles. The molecule has 4 aromatic rings. The van der Waals surface area contributed by atoms with Crippen molar-refractivity contribution < 1.29 is 14.2 Å². The first-order valence-corrected chi connectivity index (χ1v) is 11.3. The smallest absolute Gasteiger partial charge is 0.223 e. The lowest BCUT2D eigenvalue weighted by Crippen LogP contribution is -2.41. The van der Waals surface area contributed by atoms with E-state index in [9.17, 15) is 9.50 Å². The Balaban J connectivity index is 1.48. The Morgan fingerprint density at radius 1 is 1.24 bits per heavy atom. The predicted molar refractivity (Wildman–Crippen MR) is 127 cm³/mol. The lowest BCUT2D eigenvalue weighted by molar-refractivity contribution is 0.0577. The Bertz CT molecular complexity index is 1360. The van der Waals surface area contributed by atoms with Crippen LogP contribution in [0, 0.1) is 6.92 Å². The molecule has 1 aliphatic rings. The number of nitrogen functional groups attached to an aromatic ring is 1. The van der Waals surface area contributed by atoms with E-state index in [0.29, 0.717) is 42.2 Å². The monoisotopic (exact) mass is 468 g/mol. The zero-order valence-electron chi connectivity index (χ0n) is 19.7. The highest BCUT2D eigenvalue weighted by atomic mass is 19.1. The van der Waals surface area contributed by atoms with Gasteiger partial charge in [-0.05, 0) is 39.3 Å². The Hall–Kier alpha value is -3.47. The van der Waals surface area contributed by atoms with Crippen LogP contribution < -0.4 is 15.4 Å². The van der Waals surface area contributed by atoms with Crippen molar-refractivity contribution in [1.29, 1.82) is 0 Å². The summed E-state index contributed by atoms with van der Waals surface area (Å²) in [4.78, 5) is 11.2. The molecule has 34 heavy (non-hydrogen) atoms. The van der Waals surface area contributed by atoms with Crippen molar-refractivity contribution in [3.05, 3.63) is 35.9 Å². The highest BCUT2D eigenvalue weighted by Crippen LogP contribution is 2.33. The lowest BCUT2D eigenvalue weighted by Gasteiger charge is -2.34. The number of anilines is 2. The highest BCUT2D eigenvalue weighted by molar-refractivity contribution is 5.93. The summed E-state index contributed by atoms with van der Waals surface area (Å²) in [5, 5.41) is 20.0. The number of rotatable bonds is 5. The summed E-state index contributed by atoms with van der Waals surface area (Å²) in [7, 11) is 1.59. The quantitative estimate of drug-likeness (QED) is 0.458. The van der Waals surface area contributed by atoms with Crippen LogP contribution in [0.2, 0.25) is 0 Å². The molecule has 1 fully saturated rings. The fourth-order valence-corrected chi connectivity index (χ4v) is 4.64. The average Bonchev–Trinajstić information content (AvgIpc) is 3.36. The van der Waals surface area contributed by atoms with E-state index in [2.05, 4.69) is 15.2 Å². The standard InChI is InChI=1S/C23H29FN8O2/c1-13-19(11-31(28-13)12-23(2,3)33)30-9-14(7-15(24)10-30)20-27-21-17-6-5-16(34-4)8-18(17)26-22(25)32(21)29-20/h5-6,8,11,14-15,33H,7,9-10,12H2,1-4H3,(H2,25,26)/t14-,15+/m0/s1. The molecule has 10 nitrogen and oxygen atoms in total. The normalized spacial score (nSPS) is 19.3. The van der Waals surface area contributed by atoms with Crippen molar-refractivity contribution in [2.75, 3.05) is 30.8 Å². The number of hydrogen-bond donors (Lipinski definition) is 2. The Labute approximate surface area is 196 Å². The first-order chi connectivity index (χ1) is 16.1. The van der Waals surface area contributed by atoms with Crippen LogP contribution in [-0.4, -0.2) is 66.4 Å². The predicted octanol–water partition coefficient (Wildman–Crippen LogP) is 2.48. The highest BCUT2D eigenvalue weighted by Gasteiger charge is 2.33. The van der Waals surface area contributed by atoms with Gasteiger partial charge in [-0.2, -0.15) is 9.61 Å². The van der Waals surface area contributed by atoms with Crippen LogP contribution in [0.25, 0.3) is 16.6 Å². The van der Waals surface area contributed by atoms with E-state index in [-0.39, 0.29) is 18.4 Å². The minimum absolute atomic E-state index is 0.211. The minimum atomic E-state index is -1.04. The van der Waals surface area contributed by atoms with E-state index in [4.69, 9.17) is 15.5 Å². The molecule has 1 aromatic carbocycles. The summed E-state index contributed by atoms with van der Waals surface area (Å²) in [6, 6.07) is 5.51. The van der Waals surface area contributed by atoms with Gasteiger partial charge in [-0.15, -0.1) is 5.10 Å². The van der Waals surface area contributed by atoms with Crippen molar-refractivity contribution >= 4 is 28.2 Å². The van der Waals surface area contributed by atoms with Gasteiger partial charge in [0.15, 0.2) is 11.5 Å². The molecular formula is C23H29FN8O2. The van der Waals surface area contributed by atoms with Gasteiger partial charge in [-0.3, -0.25) is 4.68 Å². The third-order valence-corrected chi connectivity index (χ3v) is 6.10. The second kappa shape index (κ2) is 8.08. The summed E-state index contributed by atoms with van der Waals surface area (Å²) < 4.78 is 23.4. The van der Waals surface area contributed by atoms with Crippen molar-refractivity contribution in [3.8, 4) is 5.75 Å². The van der Waals surface area contributed by atoms with Gasteiger partial charge in [0.05, 0.1) is 36.2 Å². The third-order valence-electron chi connectivity index (χ3n) is 6.10. The molecular weight excluding hydrogens is 439 g/mol. The number of nitrogens with zero attached hydrogens (tertiary/aromatic N) is 7. The molecule has 180 valence electrons. The summed E-state index contributed by atoms with van der Waals surface area (Å²) >= 11 is 0. The van der Waals surface area contributed by atoms with Crippen LogP contribution in [0.1, 0.15) is 37.7 Å². The molecule has 3 aromatic heterocycles. The van der Waals surface area contributed by atoms with Gasteiger partial charge in [-0.1, -0.05) is 0 Å². The molecule has 0 spiro atoms. The number of fused-ring (bicyclic) bond motifs is 3. The molecule has 0 bridgehead atoms. The van der Waals surface area contributed by atoms with Crippen LogP contribution in [-0.2, 0) is 6.54 Å². The summed E-state index contributed by atoms with van der Waals surface area (Å²) in [5.74, 6) is 1.19. The number of methoxy groups -OCH3 is 1. The van der Waals surface area contributed by atoms with E-state index in [1.54, 1.807) is 31.7 Å². The number of alkyl halides is 1. The topological polar surface area (TPSA) is 120 Å². The number of piperidine rings is 1. The molecule has 0 unspecified atom stereocenters. The molecule has 1 aliphatic heterocycles. The number of nitrogens with two attached hydrogens (primary N) is 1. The molecule has 0 aliphatic carbocycles. The molecule has 4 heterocycles. The molecule has 0 radical (unpaired) electrons. The molecule has 11 heteroatoms. The maximum atomic E-state index is 14.9. The van der Waals surface area contributed by atoms with Crippen LogP contribution in [0.4, 0.5) is 16.0 Å². The Kier molecular flexibility index (Phi) is 5.31. The largest absolute Gasteiger partial charge is 0.497 e. The van der Waals surface area contributed by atoms with Gasteiger partial charge in [-0.25, -0.2) is 14.4 Å². The van der Waals surface area contributed by atoms with Gasteiger partial charge < -0.3 is 20.5 Å². The van der Waals surface area contributed by atoms with Crippen molar-refractivity contribution in [2.24, 2.45) is 0 Å². The van der Waals surface area contributed by atoms with Crippen molar-refractivity contribution in [3.63, 3.8) is 0 Å². The van der Waals surface area contributed by atoms with E-state index >= 15 is 0 Å².